The van der Waals surface area contributed by atoms with Gasteiger partial charge in [-0.1, -0.05) is 29.2 Å². The number of halogens is 1. The molecule has 13 heavy (non-hydrogen) atoms. The van der Waals surface area contributed by atoms with Crippen LogP contribution in [0.15, 0.2) is 18.2 Å². The molecule has 0 aromatic heterocycles. The minimum atomic E-state index is 0.851. The second-order valence-corrected chi connectivity index (χ2v) is 3.48. The van der Waals surface area contributed by atoms with Crippen LogP contribution in [0, 0.1) is 0 Å². The monoisotopic (exact) mass is 195 g/mol. The van der Waals surface area contributed by atoms with Crippen LogP contribution in [0.2, 0.25) is 5.02 Å². The first kappa shape index (κ1) is 10.5. The van der Waals surface area contributed by atoms with Crippen molar-refractivity contribution in [3.63, 3.8) is 0 Å². The standard InChI is InChI=1S/C10H15BClN/c1-3-13(4-2)10-8(11)6-5-7-9(10)12/h5-7H,3-4,11H2,1-2H3. The van der Waals surface area contributed by atoms with Gasteiger partial charge in [0.25, 0.3) is 0 Å². The molecule has 0 fully saturated rings. The topological polar surface area (TPSA) is 3.24 Å². The number of hydrogen-bond donors (Lipinski definition) is 0. The van der Waals surface area contributed by atoms with Crippen LogP contribution in [-0.2, 0) is 0 Å². The molecule has 1 rings (SSSR count). The Morgan fingerprint density at radius 1 is 1.31 bits per heavy atom. The summed E-state index contributed by atoms with van der Waals surface area (Å²) in [5.74, 6) is 0. The van der Waals surface area contributed by atoms with Crippen LogP contribution in [0.1, 0.15) is 13.8 Å². The predicted octanol–water partition coefficient (Wildman–Crippen LogP) is 1.44. The van der Waals surface area contributed by atoms with Crippen LogP contribution < -0.4 is 10.4 Å². The molecule has 0 aliphatic carbocycles. The third kappa shape index (κ3) is 2.19. The molecule has 3 heteroatoms. The lowest BCUT2D eigenvalue weighted by Gasteiger charge is -2.24. The van der Waals surface area contributed by atoms with Gasteiger partial charge in [-0.25, -0.2) is 0 Å². The van der Waals surface area contributed by atoms with E-state index in [1.54, 1.807) is 0 Å². The highest BCUT2D eigenvalue weighted by Gasteiger charge is 2.08. The highest BCUT2D eigenvalue weighted by molar-refractivity contribution is 6.41. The van der Waals surface area contributed by atoms with Crippen LogP contribution in [0.25, 0.3) is 0 Å². The Hall–Kier alpha value is -0.625. The lowest BCUT2D eigenvalue weighted by molar-refractivity contribution is 0.869. The molecule has 0 unspecified atom stereocenters. The summed E-state index contributed by atoms with van der Waals surface area (Å²) in [6, 6.07) is 6.03. The minimum Gasteiger partial charge on any atom is -0.371 e. The maximum absolute atomic E-state index is 6.14. The summed E-state index contributed by atoms with van der Waals surface area (Å²) in [6.07, 6.45) is 0. The van der Waals surface area contributed by atoms with Crippen molar-refractivity contribution in [3.05, 3.63) is 23.2 Å². The molecule has 0 saturated heterocycles. The smallest absolute Gasteiger partial charge is 0.142 e. The Bertz CT molecular complexity index is 264. The fourth-order valence-electron chi connectivity index (χ4n) is 1.56. The Morgan fingerprint density at radius 3 is 2.38 bits per heavy atom. The lowest BCUT2D eigenvalue weighted by Crippen LogP contribution is -2.27. The zero-order chi connectivity index (χ0) is 9.84. The molecule has 0 aliphatic rings. The van der Waals surface area contributed by atoms with E-state index in [4.69, 9.17) is 11.6 Å². The zero-order valence-corrected chi connectivity index (χ0v) is 9.23. The maximum atomic E-state index is 6.14. The van der Waals surface area contributed by atoms with E-state index >= 15 is 0 Å². The van der Waals surface area contributed by atoms with E-state index in [0.717, 1.165) is 18.1 Å². The Labute approximate surface area is 86.1 Å². The van der Waals surface area contributed by atoms with Crippen LogP contribution in [0.5, 0.6) is 0 Å². The number of rotatable bonds is 3. The quantitative estimate of drug-likeness (QED) is 0.660. The molecular weight excluding hydrogens is 180 g/mol. The van der Waals surface area contributed by atoms with Crippen LogP contribution in [0.4, 0.5) is 5.69 Å². The number of nitrogens with zero attached hydrogens (tertiary/aromatic N) is 1. The van der Waals surface area contributed by atoms with Gasteiger partial charge in [0.1, 0.15) is 7.85 Å². The molecule has 70 valence electrons. The Kier molecular flexibility index (Phi) is 3.67. The molecule has 0 N–H and O–H groups in total. The summed E-state index contributed by atoms with van der Waals surface area (Å²) in [7, 11) is 2.10. The Morgan fingerprint density at radius 2 is 1.92 bits per heavy atom. The van der Waals surface area contributed by atoms with Crippen molar-refractivity contribution < 1.29 is 0 Å². The van der Waals surface area contributed by atoms with E-state index in [0.29, 0.717) is 0 Å². The predicted molar refractivity (Wildman–Crippen MR) is 63.2 cm³/mol. The van der Waals surface area contributed by atoms with Crippen molar-refractivity contribution >= 4 is 30.6 Å². The first-order valence-electron chi connectivity index (χ1n) is 4.70. The van der Waals surface area contributed by atoms with E-state index in [9.17, 15) is 0 Å². The highest BCUT2D eigenvalue weighted by Crippen LogP contribution is 2.22. The fourth-order valence-corrected chi connectivity index (χ4v) is 1.90. The van der Waals surface area contributed by atoms with Gasteiger partial charge < -0.3 is 4.90 Å². The van der Waals surface area contributed by atoms with E-state index in [2.05, 4.69) is 32.7 Å². The fraction of sp³-hybridized carbons (Fsp3) is 0.400. The van der Waals surface area contributed by atoms with Crippen LogP contribution in [-0.4, -0.2) is 20.9 Å². The SMILES string of the molecule is Bc1cccc(Cl)c1N(CC)CC. The highest BCUT2D eigenvalue weighted by atomic mass is 35.5. The lowest BCUT2D eigenvalue weighted by atomic mass is 9.93. The summed E-state index contributed by atoms with van der Waals surface area (Å²) in [5, 5.41) is 0.851. The van der Waals surface area contributed by atoms with Gasteiger partial charge in [0.05, 0.1) is 5.02 Å². The first-order chi connectivity index (χ1) is 6.20. The van der Waals surface area contributed by atoms with Gasteiger partial charge in [-0.3, -0.25) is 0 Å². The number of para-hydroxylation sites is 1. The van der Waals surface area contributed by atoms with Gasteiger partial charge in [-0.2, -0.15) is 0 Å². The van der Waals surface area contributed by atoms with E-state index in [-0.39, 0.29) is 0 Å². The molecular formula is C10H15BClN. The van der Waals surface area contributed by atoms with Crippen LogP contribution in [0.3, 0.4) is 0 Å². The second kappa shape index (κ2) is 4.57. The van der Waals surface area contributed by atoms with Crippen molar-refractivity contribution in [2.24, 2.45) is 0 Å². The molecule has 0 saturated carbocycles. The van der Waals surface area contributed by atoms with E-state index in [1.165, 1.54) is 11.2 Å². The average Bonchev–Trinajstić information content (AvgIpc) is 2.11. The first-order valence-corrected chi connectivity index (χ1v) is 5.08. The summed E-state index contributed by atoms with van der Waals surface area (Å²) in [6.45, 7) is 6.29. The molecule has 0 heterocycles. The summed E-state index contributed by atoms with van der Waals surface area (Å²) >= 11 is 6.14. The molecule has 1 aromatic carbocycles. The van der Waals surface area contributed by atoms with Crippen molar-refractivity contribution in [1.82, 2.24) is 0 Å². The molecule has 0 aliphatic heterocycles. The minimum absolute atomic E-state index is 0.851. The molecule has 0 bridgehead atoms. The largest absolute Gasteiger partial charge is 0.371 e. The van der Waals surface area contributed by atoms with Gasteiger partial charge in [0, 0.05) is 18.8 Å². The maximum Gasteiger partial charge on any atom is 0.142 e. The summed E-state index contributed by atoms with van der Waals surface area (Å²) in [5.41, 5.74) is 2.42. The molecule has 0 atom stereocenters. The third-order valence-electron chi connectivity index (χ3n) is 2.27. The average molecular weight is 196 g/mol. The van der Waals surface area contributed by atoms with E-state index < -0.39 is 0 Å². The third-order valence-corrected chi connectivity index (χ3v) is 2.57. The second-order valence-electron chi connectivity index (χ2n) is 3.08. The van der Waals surface area contributed by atoms with Crippen molar-refractivity contribution in [2.45, 2.75) is 13.8 Å². The molecule has 1 nitrogen and oxygen atoms in total. The molecule has 0 radical (unpaired) electrons. The van der Waals surface area contributed by atoms with Gasteiger partial charge in [-0.15, -0.1) is 0 Å². The normalized spacial score (nSPS) is 10.1. The molecule has 0 amide bonds. The Balaban J connectivity index is 3.10. The van der Waals surface area contributed by atoms with Crippen molar-refractivity contribution in [3.8, 4) is 0 Å². The van der Waals surface area contributed by atoms with Gasteiger partial charge >= 0.3 is 0 Å². The number of hydrogen-bond acceptors (Lipinski definition) is 1. The van der Waals surface area contributed by atoms with Gasteiger partial charge in [-0.05, 0) is 19.9 Å². The van der Waals surface area contributed by atoms with Crippen molar-refractivity contribution in [2.75, 3.05) is 18.0 Å². The number of benzene rings is 1. The number of anilines is 1. The van der Waals surface area contributed by atoms with Gasteiger partial charge in [0.15, 0.2) is 0 Å². The summed E-state index contributed by atoms with van der Waals surface area (Å²) < 4.78 is 0. The van der Waals surface area contributed by atoms with Crippen LogP contribution >= 0.6 is 11.6 Å². The van der Waals surface area contributed by atoms with Crippen molar-refractivity contribution in [1.29, 1.82) is 0 Å². The molecule has 1 aromatic rings. The van der Waals surface area contributed by atoms with Gasteiger partial charge in [0.2, 0.25) is 0 Å². The summed E-state index contributed by atoms with van der Waals surface area (Å²) in [4.78, 5) is 2.28. The molecule has 0 spiro atoms. The zero-order valence-electron chi connectivity index (χ0n) is 8.47. The van der Waals surface area contributed by atoms with E-state index in [1.807, 2.05) is 12.1 Å².